The molecule has 0 amide bonds. The summed E-state index contributed by atoms with van der Waals surface area (Å²) in [5.74, 6) is 0. The Morgan fingerprint density at radius 2 is 1.88 bits per heavy atom. The molecule has 2 atom stereocenters. The molecule has 16 heavy (non-hydrogen) atoms. The Labute approximate surface area is 98.7 Å². The van der Waals surface area contributed by atoms with Gasteiger partial charge >= 0.3 is 0 Å². The highest BCUT2D eigenvalue weighted by molar-refractivity contribution is 6.69. The van der Waals surface area contributed by atoms with E-state index in [4.69, 9.17) is 9.16 Å². The molecule has 88 valence electrons. The smallest absolute Gasteiger partial charge is 0.184 e. The minimum Gasteiger partial charge on any atom is -0.407 e. The third-order valence-electron chi connectivity index (χ3n) is 2.73. The molecule has 0 saturated carbocycles. The van der Waals surface area contributed by atoms with Gasteiger partial charge in [-0.2, -0.15) is 0 Å². The quantitative estimate of drug-likeness (QED) is 0.749. The van der Waals surface area contributed by atoms with Crippen molar-refractivity contribution in [3.05, 3.63) is 35.9 Å². The number of hydrogen-bond acceptors (Lipinski definition) is 2. The predicted octanol–water partition coefficient (Wildman–Crippen LogP) is 3.37. The minimum atomic E-state index is -1.52. The average Bonchev–Trinajstić information content (AvgIpc) is 2.15. The summed E-state index contributed by atoms with van der Waals surface area (Å²) in [7, 11) is -1.52. The van der Waals surface area contributed by atoms with Gasteiger partial charge in [0, 0.05) is 0 Å². The van der Waals surface area contributed by atoms with Crippen molar-refractivity contribution in [1.29, 1.82) is 0 Å². The van der Waals surface area contributed by atoms with Gasteiger partial charge in [0.15, 0.2) is 8.32 Å². The van der Waals surface area contributed by atoms with E-state index in [9.17, 15) is 0 Å². The summed E-state index contributed by atoms with van der Waals surface area (Å²) in [6.45, 7) is 9.53. The molecule has 0 bridgehead atoms. The van der Waals surface area contributed by atoms with E-state index in [-0.39, 0.29) is 11.7 Å². The van der Waals surface area contributed by atoms with Crippen LogP contribution in [0.1, 0.15) is 18.6 Å². The molecule has 3 heteroatoms. The van der Waals surface area contributed by atoms with Crippen LogP contribution in [0.25, 0.3) is 0 Å². The average molecular weight is 236 g/mol. The first-order valence-corrected chi connectivity index (χ1v) is 9.18. The summed E-state index contributed by atoms with van der Waals surface area (Å²) in [6, 6.07) is 10.3. The topological polar surface area (TPSA) is 18.5 Å². The Bertz CT molecular complexity index is 358. The zero-order chi connectivity index (χ0) is 11.8. The summed E-state index contributed by atoms with van der Waals surface area (Å²) in [6.07, 6.45) is 0.0976. The molecular weight excluding hydrogens is 216 g/mol. The van der Waals surface area contributed by atoms with Gasteiger partial charge in [0.1, 0.15) is 11.7 Å². The molecule has 1 aromatic rings. The Balaban J connectivity index is 2.14. The van der Waals surface area contributed by atoms with Gasteiger partial charge in [-0.3, -0.25) is 0 Å². The van der Waals surface area contributed by atoms with E-state index in [1.165, 1.54) is 5.56 Å². The highest BCUT2D eigenvalue weighted by atomic mass is 28.4. The van der Waals surface area contributed by atoms with Crippen molar-refractivity contribution in [2.45, 2.75) is 38.3 Å². The first-order chi connectivity index (χ1) is 7.41. The summed E-state index contributed by atoms with van der Waals surface area (Å²) in [5, 5.41) is 0. The highest BCUT2D eigenvalue weighted by Gasteiger charge is 2.48. The lowest BCUT2D eigenvalue weighted by atomic mass is 9.89. The van der Waals surface area contributed by atoms with Gasteiger partial charge < -0.3 is 9.16 Å². The van der Waals surface area contributed by atoms with Gasteiger partial charge in [-0.15, -0.1) is 0 Å². The van der Waals surface area contributed by atoms with E-state index >= 15 is 0 Å². The molecule has 0 N–H and O–H groups in total. The fourth-order valence-corrected chi connectivity index (χ4v) is 3.83. The van der Waals surface area contributed by atoms with E-state index in [1.807, 2.05) is 18.2 Å². The van der Waals surface area contributed by atoms with E-state index < -0.39 is 8.32 Å². The molecule has 1 fully saturated rings. The lowest BCUT2D eigenvalue weighted by molar-refractivity contribution is -0.221. The predicted molar refractivity (Wildman–Crippen MR) is 68.0 cm³/mol. The summed E-state index contributed by atoms with van der Waals surface area (Å²) >= 11 is 0. The second-order valence-electron chi connectivity index (χ2n) is 5.63. The summed E-state index contributed by atoms with van der Waals surface area (Å²) in [5.41, 5.74) is 1.08. The van der Waals surface area contributed by atoms with Crippen molar-refractivity contribution in [2.24, 2.45) is 0 Å². The third-order valence-corrected chi connectivity index (χ3v) is 3.81. The molecule has 0 radical (unpaired) electrons. The van der Waals surface area contributed by atoms with Crippen LogP contribution in [-0.4, -0.2) is 20.5 Å². The molecule has 2 nitrogen and oxygen atoms in total. The van der Waals surface area contributed by atoms with Crippen LogP contribution in [0.3, 0.4) is 0 Å². The van der Waals surface area contributed by atoms with E-state index in [0.717, 1.165) is 0 Å². The largest absolute Gasteiger partial charge is 0.407 e. The molecule has 1 aliphatic rings. The van der Waals surface area contributed by atoms with Crippen LogP contribution < -0.4 is 0 Å². The number of ether oxygens (including phenoxy) is 1. The van der Waals surface area contributed by atoms with Crippen molar-refractivity contribution in [3.63, 3.8) is 0 Å². The molecule has 1 saturated heterocycles. The zero-order valence-corrected chi connectivity index (χ0v) is 11.5. The standard InChI is InChI=1S/C13H20O2Si/c1-13(15-16(2,3)4)10-14-12(13)11-8-6-5-7-9-11/h5-9,12H,10H2,1-4H3/t12-,13-/m1/s1. The van der Waals surface area contributed by atoms with Crippen LogP contribution in [0, 0.1) is 0 Å². The van der Waals surface area contributed by atoms with Crippen molar-refractivity contribution < 1.29 is 9.16 Å². The van der Waals surface area contributed by atoms with Crippen molar-refractivity contribution in [3.8, 4) is 0 Å². The van der Waals surface area contributed by atoms with Crippen LogP contribution in [0.15, 0.2) is 30.3 Å². The molecule has 1 aliphatic heterocycles. The number of rotatable bonds is 3. The molecule has 1 heterocycles. The second-order valence-corrected chi connectivity index (χ2v) is 10.1. The van der Waals surface area contributed by atoms with E-state index in [1.54, 1.807) is 0 Å². The highest BCUT2D eigenvalue weighted by Crippen LogP contribution is 2.43. The maximum absolute atomic E-state index is 6.24. The maximum atomic E-state index is 6.24. The van der Waals surface area contributed by atoms with Crippen molar-refractivity contribution in [2.75, 3.05) is 6.61 Å². The Morgan fingerprint density at radius 3 is 2.31 bits per heavy atom. The zero-order valence-electron chi connectivity index (χ0n) is 10.5. The third kappa shape index (κ3) is 2.37. The van der Waals surface area contributed by atoms with Crippen molar-refractivity contribution >= 4 is 8.32 Å². The summed E-state index contributed by atoms with van der Waals surface area (Å²) < 4.78 is 11.9. The number of benzene rings is 1. The first-order valence-electron chi connectivity index (χ1n) is 5.77. The monoisotopic (exact) mass is 236 g/mol. The molecular formula is C13H20O2Si. The molecule has 0 aromatic heterocycles. The maximum Gasteiger partial charge on any atom is 0.184 e. The Kier molecular flexibility index (Phi) is 2.95. The van der Waals surface area contributed by atoms with Crippen LogP contribution in [0.4, 0.5) is 0 Å². The van der Waals surface area contributed by atoms with Crippen LogP contribution in [-0.2, 0) is 9.16 Å². The van der Waals surface area contributed by atoms with E-state index in [0.29, 0.717) is 6.61 Å². The van der Waals surface area contributed by atoms with Crippen LogP contribution >= 0.6 is 0 Å². The van der Waals surface area contributed by atoms with E-state index in [2.05, 4.69) is 38.7 Å². The lowest BCUT2D eigenvalue weighted by Gasteiger charge is -2.49. The van der Waals surface area contributed by atoms with Crippen LogP contribution in [0.2, 0.25) is 19.6 Å². The lowest BCUT2D eigenvalue weighted by Crippen LogP contribution is -2.56. The summed E-state index contributed by atoms with van der Waals surface area (Å²) in [4.78, 5) is 0. The van der Waals surface area contributed by atoms with Gasteiger partial charge in [0.05, 0.1) is 6.61 Å². The first kappa shape index (κ1) is 11.8. The number of hydrogen-bond donors (Lipinski definition) is 0. The Hall–Kier alpha value is -0.643. The van der Waals surface area contributed by atoms with Crippen LogP contribution in [0.5, 0.6) is 0 Å². The molecule has 2 rings (SSSR count). The van der Waals surface area contributed by atoms with Gasteiger partial charge in [-0.1, -0.05) is 30.3 Å². The van der Waals surface area contributed by atoms with Gasteiger partial charge in [-0.05, 0) is 32.1 Å². The SMILES string of the molecule is C[C@@]1(O[Si](C)(C)C)CO[C@@H]1c1ccccc1. The fourth-order valence-electron chi connectivity index (χ4n) is 2.26. The second kappa shape index (κ2) is 3.98. The fraction of sp³-hybridized carbons (Fsp3) is 0.538. The van der Waals surface area contributed by atoms with Gasteiger partial charge in [-0.25, -0.2) is 0 Å². The Morgan fingerprint density at radius 1 is 1.25 bits per heavy atom. The molecule has 0 unspecified atom stereocenters. The normalized spacial score (nSPS) is 29.9. The van der Waals surface area contributed by atoms with Gasteiger partial charge in [0.2, 0.25) is 0 Å². The molecule has 0 aliphatic carbocycles. The minimum absolute atomic E-state index is 0.0976. The van der Waals surface area contributed by atoms with Crippen molar-refractivity contribution in [1.82, 2.24) is 0 Å². The molecule has 1 aromatic carbocycles. The molecule has 0 spiro atoms. The van der Waals surface area contributed by atoms with Gasteiger partial charge in [0.25, 0.3) is 0 Å².